The maximum absolute atomic E-state index is 12.0. The van der Waals surface area contributed by atoms with Crippen LogP contribution in [0.3, 0.4) is 0 Å². The number of methoxy groups -OCH3 is 1. The maximum Gasteiger partial charge on any atom is 0.303 e. The van der Waals surface area contributed by atoms with Crippen LogP contribution in [0.2, 0.25) is 0 Å². The summed E-state index contributed by atoms with van der Waals surface area (Å²) in [4.78, 5) is 23.9. The van der Waals surface area contributed by atoms with Gasteiger partial charge in [0.2, 0.25) is 0 Å². The molecule has 0 aliphatic rings. The molecule has 0 radical (unpaired) electrons. The number of carboxylic acid groups (broad SMARTS) is 1. The van der Waals surface area contributed by atoms with Gasteiger partial charge in [0.1, 0.15) is 10.6 Å². The number of aryl methyl sites for hydroxylation is 1. The molecule has 1 rings (SSSR count). The second kappa shape index (κ2) is 6.39. The highest BCUT2D eigenvalue weighted by Crippen LogP contribution is 2.28. The molecule has 1 amide bonds. The Hall–Kier alpha value is -1.56. The van der Waals surface area contributed by atoms with Crippen molar-refractivity contribution in [3.63, 3.8) is 0 Å². The van der Waals surface area contributed by atoms with E-state index < -0.39 is 5.97 Å². The molecular weight excluding hydrogens is 254 g/mol. The highest BCUT2D eigenvalue weighted by molar-refractivity contribution is 7.14. The van der Waals surface area contributed by atoms with Crippen molar-refractivity contribution in [2.24, 2.45) is 0 Å². The Morgan fingerprint density at radius 2 is 2.22 bits per heavy atom. The van der Waals surface area contributed by atoms with Crippen LogP contribution in [0.5, 0.6) is 5.75 Å². The predicted molar refractivity (Wildman–Crippen MR) is 69.4 cm³/mol. The molecule has 1 atom stereocenters. The first-order valence-corrected chi connectivity index (χ1v) is 6.42. The first-order valence-electron chi connectivity index (χ1n) is 5.61. The average Bonchev–Trinajstić information content (AvgIpc) is 2.68. The molecule has 1 aromatic heterocycles. The Kier molecular flexibility index (Phi) is 5.15. The minimum absolute atomic E-state index is 0.0437. The van der Waals surface area contributed by atoms with E-state index in [-0.39, 0.29) is 18.4 Å². The van der Waals surface area contributed by atoms with Crippen molar-refractivity contribution in [1.29, 1.82) is 0 Å². The molecule has 5 nitrogen and oxygen atoms in total. The van der Waals surface area contributed by atoms with E-state index in [2.05, 4.69) is 5.32 Å². The maximum atomic E-state index is 12.0. The fourth-order valence-corrected chi connectivity index (χ4v) is 2.38. The van der Waals surface area contributed by atoms with Gasteiger partial charge in [-0.2, -0.15) is 0 Å². The fraction of sp³-hybridized carbons (Fsp3) is 0.500. The fourth-order valence-electron chi connectivity index (χ4n) is 1.50. The van der Waals surface area contributed by atoms with E-state index in [9.17, 15) is 9.59 Å². The molecule has 100 valence electrons. The summed E-state index contributed by atoms with van der Waals surface area (Å²) in [6.07, 6.45) is 0.454. The molecule has 18 heavy (non-hydrogen) atoms. The van der Waals surface area contributed by atoms with Crippen LogP contribution in [0.4, 0.5) is 0 Å². The first kappa shape index (κ1) is 14.5. The zero-order chi connectivity index (χ0) is 13.7. The first-order chi connectivity index (χ1) is 8.43. The van der Waals surface area contributed by atoms with Gasteiger partial charge >= 0.3 is 5.97 Å². The van der Waals surface area contributed by atoms with Crippen LogP contribution in [0.25, 0.3) is 0 Å². The van der Waals surface area contributed by atoms with Gasteiger partial charge in [0.15, 0.2) is 0 Å². The molecule has 0 aliphatic heterocycles. The molecule has 6 heteroatoms. The number of carbonyl (C=O) groups is 2. The van der Waals surface area contributed by atoms with Crippen LogP contribution < -0.4 is 10.1 Å². The Balaban J connectivity index is 2.61. The van der Waals surface area contributed by atoms with E-state index in [1.165, 1.54) is 18.4 Å². The van der Waals surface area contributed by atoms with Gasteiger partial charge in [-0.05, 0) is 26.3 Å². The molecule has 0 aliphatic carbocycles. The standard InChI is InChI=1S/C12H17NO4S/c1-7(4-5-10(14)15)13-12(16)11-9(17-3)6-8(2)18-11/h6-7H,4-5H2,1-3H3,(H,13,16)(H,14,15). The summed E-state index contributed by atoms with van der Waals surface area (Å²) in [5, 5.41) is 11.3. The van der Waals surface area contributed by atoms with Crippen molar-refractivity contribution in [1.82, 2.24) is 5.32 Å². The van der Waals surface area contributed by atoms with Gasteiger partial charge in [-0.1, -0.05) is 0 Å². The minimum Gasteiger partial charge on any atom is -0.495 e. The third kappa shape index (κ3) is 4.03. The molecule has 0 fully saturated rings. The summed E-state index contributed by atoms with van der Waals surface area (Å²) < 4.78 is 5.12. The molecular formula is C12H17NO4S. The van der Waals surface area contributed by atoms with Crippen LogP contribution in [0.1, 0.15) is 34.3 Å². The number of aliphatic carboxylic acids is 1. The Morgan fingerprint density at radius 1 is 1.56 bits per heavy atom. The summed E-state index contributed by atoms with van der Waals surface area (Å²) in [7, 11) is 1.52. The molecule has 1 unspecified atom stereocenters. The lowest BCUT2D eigenvalue weighted by Gasteiger charge is -2.12. The van der Waals surface area contributed by atoms with Gasteiger partial charge in [-0.25, -0.2) is 0 Å². The van der Waals surface area contributed by atoms with Crippen molar-refractivity contribution >= 4 is 23.2 Å². The van der Waals surface area contributed by atoms with Crippen molar-refractivity contribution in [3.05, 3.63) is 15.8 Å². The number of hydrogen-bond donors (Lipinski definition) is 2. The largest absolute Gasteiger partial charge is 0.495 e. The lowest BCUT2D eigenvalue weighted by atomic mass is 10.2. The lowest BCUT2D eigenvalue weighted by molar-refractivity contribution is -0.137. The molecule has 0 saturated carbocycles. The summed E-state index contributed by atoms with van der Waals surface area (Å²) in [5.41, 5.74) is 0. The number of carbonyl (C=O) groups excluding carboxylic acids is 1. The topological polar surface area (TPSA) is 75.6 Å². The van der Waals surface area contributed by atoms with Crippen LogP contribution >= 0.6 is 11.3 Å². The molecule has 0 bridgehead atoms. The third-order valence-corrected chi connectivity index (χ3v) is 3.45. The molecule has 1 heterocycles. The molecule has 0 saturated heterocycles. The SMILES string of the molecule is COc1cc(C)sc1C(=O)NC(C)CCC(=O)O. The van der Waals surface area contributed by atoms with Gasteiger partial charge < -0.3 is 15.2 Å². The molecule has 0 spiro atoms. The summed E-state index contributed by atoms with van der Waals surface area (Å²) in [5.74, 6) is -0.524. The van der Waals surface area contributed by atoms with E-state index in [4.69, 9.17) is 9.84 Å². The van der Waals surface area contributed by atoms with Crippen molar-refractivity contribution in [2.45, 2.75) is 32.7 Å². The quantitative estimate of drug-likeness (QED) is 0.830. The highest BCUT2D eigenvalue weighted by atomic mass is 32.1. The average molecular weight is 271 g/mol. The van der Waals surface area contributed by atoms with Crippen LogP contribution in [-0.4, -0.2) is 30.1 Å². The minimum atomic E-state index is -0.861. The smallest absolute Gasteiger partial charge is 0.303 e. The monoisotopic (exact) mass is 271 g/mol. The molecule has 0 aromatic carbocycles. The van der Waals surface area contributed by atoms with E-state index in [1.54, 1.807) is 6.92 Å². The van der Waals surface area contributed by atoms with Crippen LogP contribution in [0.15, 0.2) is 6.07 Å². The number of carboxylic acids is 1. The second-order valence-corrected chi connectivity index (χ2v) is 5.32. The van der Waals surface area contributed by atoms with E-state index in [1.807, 2.05) is 13.0 Å². The predicted octanol–water partition coefficient (Wildman–Crippen LogP) is 2.05. The van der Waals surface area contributed by atoms with Gasteiger partial charge in [0.25, 0.3) is 5.91 Å². The number of nitrogens with one attached hydrogen (secondary N) is 1. The number of ether oxygens (including phenoxy) is 1. The van der Waals surface area contributed by atoms with Crippen LogP contribution in [-0.2, 0) is 4.79 Å². The Labute approximate surface area is 110 Å². The Bertz CT molecular complexity index is 441. The van der Waals surface area contributed by atoms with Gasteiger partial charge in [0, 0.05) is 17.3 Å². The zero-order valence-electron chi connectivity index (χ0n) is 10.6. The van der Waals surface area contributed by atoms with Crippen molar-refractivity contribution in [2.75, 3.05) is 7.11 Å². The summed E-state index contributed by atoms with van der Waals surface area (Å²) >= 11 is 1.36. The zero-order valence-corrected chi connectivity index (χ0v) is 11.5. The van der Waals surface area contributed by atoms with Gasteiger partial charge in [0.05, 0.1) is 7.11 Å². The normalized spacial score (nSPS) is 11.9. The number of thiophene rings is 1. The number of amides is 1. The van der Waals surface area contributed by atoms with Gasteiger partial charge in [-0.15, -0.1) is 11.3 Å². The Morgan fingerprint density at radius 3 is 2.78 bits per heavy atom. The van der Waals surface area contributed by atoms with Crippen LogP contribution in [0, 0.1) is 6.92 Å². The van der Waals surface area contributed by atoms with Crippen molar-refractivity contribution < 1.29 is 19.4 Å². The van der Waals surface area contributed by atoms with E-state index in [0.29, 0.717) is 17.0 Å². The van der Waals surface area contributed by atoms with Crippen molar-refractivity contribution in [3.8, 4) is 5.75 Å². The number of rotatable bonds is 6. The number of hydrogen-bond acceptors (Lipinski definition) is 4. The highest BCUT2D eigenvalue weighted by Gasteiger charge is 2.17. The second-order valence-electron chi connectivity index (χ2n) is 4.06. The van der Waals surface area contributed by atoms with E-state index >= 15 is 0 Å². The third-order valence-electron chi connectivity index (χ3n) is 2.42. The molecule has 1 aromatic rings. The molecule has 2 N–H and O–H groups in total. The van der Waals surface area contributed by atoms with Gasteiger partial charge in [-0.3, -0.25) is 9.59 Å². The van der Waals surface area contributed by atoms with E-state index in [0.717, 1.165) is 4.88 Å². The summed E-state index contributed by atoms with van der Waals surface area (Å²) in [6.45, 7) is 3.69. The summed E-state index contributed by atoms with van der Waals surface area (Å²) in [6, 6.07) is 1.63. The lowest BCUT2D eigenvalue weighted by Crippen LogP contribution is -2.32.